The van der Waals surface area contributed by atoms with Crippen LogP contribution in [0.2, 0.25) is 0 Å². The summed E-state index contributed by atoms with van der Waals surface area (Å²) in [4.78, 5) is 0. The number of hydrogen-bond donors (Lipinski definition) is 0. The van der Waals surface area contributed by atoms with Crippen LogP contribution in [0.15, 0.2) is 70.8 Å². The van der Waals surface area contributed by atoms with Gasteiger partial charge in [0.05, 0.1) is 6.07 Å². The summed E-state index contributed by atoms with van der Waals surface area (Å²) in [5.41, 5.74) is 2.08. The third kappa shape index (κ3) is 1.50. The minimum Gasteiger partial charge on any atom is -0.412 e. The Morgan fingerprint density at radius 1 is 0.812 bits per heavy atom. The molecule has 3 aromatic rings. The summed E-state index contributed by atoms with van der Waals surface area (Å²) >= 11 is 0. The SMILES string of the molecule is c1cc(-[n+]2ccoc2)cc(-[n+]2ccoc2)c1. The van der Waals surface area contributed by atoms with Gasteiger partial charge in [-0.15, -0.1) is 9.13 Å². The number of benzene rings is 1. The van der Waals surface area contributed by atoms with Crippen LogP contribution in [-0.4, -0.2) is 0 Å². The highest BCUT2D eigenvalue weighted by atomic mass is 16.3. The molecule has 4 nitrogen and oxygen atoms in total. The maximum atomic E-state index is 5.04. The zero-order valence-electron chi connectivity index (χ0n) is 8.48. The Hall–Kier alpha value is -2.36. The van der Waals surface area contributed by atoms with Gasteiger partial charge in [-0.2, -0.15) is 0 Å². The molecule has 0 aliphatic carbocycles. The molecule has 0 radical (unpaired) electrons. The standard InChI is InChI=1S/C12H10N2O2/c1-2-11(13-4-6-15-9-13)8-12(3-1)14-5-7-16-10-14/h1-10H/q+2. The first-order valence-corrected chi connectivity index (χ1v) is 4.91. The lowest BCUT2D eigenvalue weighted by Crippen LogP contribution is -2.30. The van der Waals surface area contributed by atoms with E-state index in [0.717, 1.165) is 11.4 Å². The van der Waals surface area contributed by atoms with E-state index in [9.17, 15) is 0 Å². The minimum atomic E-state index is 1.04. The fraction of sp³-hybridized carbons (Fsp3) is 0. The lowest BCUT2D eigenvalue weighted by molar-refractivity contribution is -0.607. The molecule has 2 heterocycles. The minimum absolute atomic E-state index is 1.04. The van der Waals surface area contributed by atoms with Gasteiger partial charge < -0.3 is 8.83 Å². The molecule has 78 valence electrons. The second-order valence-electron chi connectivity index (χ2n) is 3.39. The molecule has 3 rings (SSSR count). The van der Waals surface area contributed by atoms with Gasteiger partial charge in [-0.3, -0.25) is 0 Å². The number of nitrogens with zero attached hydrogens (tertiary/aromatic N) is 2. The van der Waals surface area contributed by atoms with Crippen LogP contribution in [0.4, 0.5) is 0 Å². The second kappa shape index (κ2) is 3.66. The lowest BCUT2D eigenvalue weighted by Gasteiger charge is -1.91. The van der Waals surface area contributed by atoms with Crippen molar-refractivity contribution >= 4 is 0 Å². The summed E-state index contributed by atoms with van der Waals surface area (Å²) in [7, 11) is 0. The molecule has 0 saturated carbocycles. The molecule has 0 aliphatic rings. The highest BCUT2D eigenvalue weighted by Crippen LogP contribution is 2.04. The maximum Gasteiger partial charge on any atom is 0.340 e. The quantitative estimate of drug-likeness (QED) is 0.605. The Labute approximate surface area is 92.0 Å². The Morgan fingerprint density at radius 3 is 1.81 bits per heavy atom. The number of hydrogen-bond acceptors (Lipinski definition) is 2. The molecule has 0 N–H and O–H groups in total. The van der Waals surface area contributed by atoms with E-state index in [1.807, 2.05) is 45.8 Å². The Morgan fingerprint density at radius 2 is 1.38 bits per heavy atom. The monoisotopic (exact) mass is 214 g/mol. The van der Waals surface area contributed by atoms with Crippen molar-refractivity contribution in [3.05, 3.63) is 62.0 Å². The molecule has 0 atom stereocenters. The first-order valence-electron chi connectivity index (χ1n) is 4.91. The van der Waals surface area contributed by atoms with E-state index in [1.54, 1.807) is 25.3 Å². The van der Waals surface area contributed by atoms with Crippen molar-refractivity contribution in [2.75, 3.05) is 0 Å². The van der Waals surface area contributed by atoms with Crippen molar-refractivity contribution in [1.29, 1.82) is 0 Å². The molecule has 0 bridgehead atoms. The van der Waals surface area contributed by atoms with Gasteiger partial charge in [0.2, 0.25) is 23.8 Å². The second-order valence-corrected chi connectivity index (χ2v) is 3.39. The molecule has 2 aromatic heterocycles. The van der Waals surface area contributed by atoms with Crippen molar-refractivity contribution < 1.29 is 18.0 Å². The molecule has 4 heteroatoms. The van der Waals surface area contributed by atoms with Crippen LogP contribution >= 0.6 is 0 Å². The van der Waals surface area contributed by atoms with E-state index in [1.165, 1.54) is 0 Å². The predicted molar refractivity (Wildman–Crippen MR) is 54.0 cm³/mol. The third-order valence-corrected chi connectivity index (χ3v) is 2.37. The molecular formula is C12H10N2O2+2. The van der Waals surface area contributed by atoms with Crippen LogP contribution < -0.4 is 9.13 Å². The van der Waals surface area contributed by atoms with Crippen LogP contribution in [0.5, 0.6) is 0 Å². The third-order valence-electron chi connectivity index (χ3n) is 2.37. The number of rotatable bonds is 2. The van der Waals surface area contributed by atoms with Crippen LogP contribution in [0.1, 0.15) is 0 Å². The van der Waals surface area contributed by atoms with Crippen LogP contribution in [0, 0.1) is 0 Å². The molecular weight excluding hydrogens is 204 g/mol. The molecule has 0 amide bonds. The van der Waals surface area contributed by atoms with E-state index < -0.39 is 0 Å². The van der Waals surface area contributed by atoms with Crippen molar-refractivity contribution in [2.24, 2.45) is 0 Å². The first kappa shape index (κ1) is 8.91. The first-order chi connectivity index (χ1) is 7.93. The molecule has 0 unspecified atom stereocenters. The average Bonchev–Trinajstić information content (AvgIpc) is 3.03. The van der Waals surface area contributed by atoms with Gasteiger partial charge in [0, 0.05) is 12.1 Å². The summed E-state index contributed by atoms with van der Waals surface area (Å²) in [5.74, 6) is 0. The van der Waals surface area contributed by atoms with Crippen molar-refractivity contribution in [1.82, 2.24) is 0 Å². The summed E-state index contributed by atoms with van der Waals surface area (Å²) in [5, 5.41) is 0. The zero-order chi connectivity index (χ0) is 10.8. The van der Waals surface area contributed by atoms with Gasteiger partial charge in [0.15, 0.2) is 12.5 Å². The van der Waals surface area contributed by atoms with Crippen LogP contribution in [0.3, 0.4) is 0 Å². The molecule has 0 aliphatic heterocycles. The molecule has 16 heavy (non-hydrogen) atoms. The van der Waals surface area contributed by atoms with Gasteiger partial charge in [0.1, 0.15) is 0 Å². The molecule has 0 spiro atoms. The van der Waals surface area contributed by atoms with Gasteiger partial charge in [-0.1, -0.05) is 0 Å². The van der Waals surface area contributed by atoms with Crippen LogP contribution in [-0.2, 0) is 0 Å². The molecule has 0 saturated heterocycles. The van der Waals surface area contributed by atoms with Gasteiger partial charge in [0.25, 0.3) is 0 Å². The molecule has 0 fully saturated rings. The van der Waals surface area contributed by atoms with Gasteiger partial charge in [-0.25, -0.2) is 0 Å². The van der Waals surface area contributed by atoms with E-state index >= 15 is 0 Å². The van der Waals surface area contributed by atoms with Crippen molar-refractivity contribution in [2.45, 2.75) is 0 Å². The predicted octanol–water partition coefficient (Wildman–Crippen LogP) is 1.43. The van der Waals surface area contributed by atoms with Gasteiger partial charge in [-0.05, 0) is 6.07 Å². The fourth-order valence-corrected chi connectivity index (χ4v) is 1.58. The van der Waals surface area contributed by atoms with E-state index in [4.69, 9.17) is 8.83 Å². The largest absolute Gasteiger partial charge is 0.412 e. The number of oxazole rings is 2. The molecule has 1 aromatic carbocycles. The van der Waals surface area contributed by atoms with Gasteiger partial charge >= 0.3 is 12.8 Å². The summed E-state index contributed by atoms with van der Waals surface area (Å²) in [6.07, 6.45) is 10.3. The Bertz CT molecular complexity index is 521. The normalized spacial score (nSPS) is 10.5. The Kier molecular flexibility index (Phi) is 2.04. The topological polar surface area (TPSA) is 34.0 Å². The summed E-state index contributed by atoms with van der Waals surface area (Å²) < 4.78 is 13.9. The lowest BCUT2D eigenvalue weighted by atomic mass is 10.2. The maximum absolute atomic E-state index is 5.04. The zero-order valence-corrected chi connectivity index (χ0v) is 8.48. The summed E-state index contributed by atoms with van der Waals surface area (Å²) in [6, 6.07) is 8.06. The highest BCUT2D eigenvalue weighted by molar-refractivity contribution is 5.32. The Balaban J connectivity index is 2.07. The van der Waals surface area contributed by atoms with E-state index in [2.05, 4.69) is 0 Å². The average molecular weight is 214 g/mol. The number of aromatic nitrogens is 2. The van der Waals surface area contributed by atoms with Crippen LogP contribution in [0.25, 0.3) is 11.4 Å². The highest BCUT2D eigenvalue weighted by Gasteiger charge is 2.12. The van der Waals surface area contributed by atoms with E-state index in [-0.39, 0.29) is 0 Å². The van der Waals surface area contributed by atoms with Crippen molar-refractivity contribution in [3.63, 3.8) is 0 Å². The summed E-state index contributed by atoms with van der Waals surface area (Å²) in [6.45, 7) is 0. The smallest absolute Gasteiger partial charge is 0.340 e. The van der Waals surface area contributed by atoms with Crippen molar-refractivity contribution in [3.8, 4) is 11.4 Å². The fourth-order valence-electron chi connectivity index (χ4n) is 1.58. The van der Waals surface area contributed by atoms with E-state index in [0.29, 0.717) is 0 Å².